The maximum atomic E-state index is 2.54. The number of rotatable bonds is 1. The summed E-state index contributed by atoms with van der Waals surface area (Å²) in [5.74, 6) is 0. The normalized spacial score (nSPS) is 12.8. The van der Waals surface area contributed by atoms with Crippen LogP contribution in [0.2, 0.25) is 0 Å². The van der Waals surface area contributed by atoms with Crippen molar-refractivity contribution in [1.29, 1.82) is 0 Å². The second-order valence-corrected chi connectivity index (χ2v) is 16.8. The summed E-state index contributed by atoms with van der Waals surface area (Å²) >= 11 is 0. The molecule has 0 saturated heterocycles. The SMILES string of the molecule is c1ccc2c(c1)-c1ccccc1N1c3ccccc3-c3ccccc3-c3cc(-c4cc5c6c(c4)-c4ccccc4-c4ccccc4N6c4ccccc4-c4ccccc4-5)cc-2c31. The van der Waals surface area contributed by atoms with Gasteiger partial charge in [0.25, 0.3) is 0 Å². The number of nitrogens with zero attached hydrogens (tertiary/aromatic N) is 2. The lowest BCUT2D eigenvalue weighted by Crippen LogP contribution is -2.12. The van der Waals surface area contributed by atoms with E-state index in [2.05, 4.69) is 228 Å². The van der Waals surface area contributed by atoms with E-state index in [-0.39, 0.29) is 0 Å². The number of hydrogen-bond donors (Lipinski definition) is 0. The second kappa shape index (κ2) is 12.7. The van der Waals surface area contributed by atoms with Gasteiger partial charge in [0.2, 0.25) is 0 Å². The summed E-state index contributed by atoms with van der Waals surface area (Å²) in [6, 6.07) is 81.7. The number of para-hydroxylation sites is 4. The summed E-state index contributed by atoms with van der Waals surface area (Å²) in [7, 11) is 0. The maximum Gasteiger partial charge on any atom is 0.0619 e. The van der Waals surface area contributed by atoms with Gasteiger partial charge in [0, 0.05) is 44.5 Å². The topological polar surface area (TPSA) is 6.48 Å². The van der Waals surface area contributed by atoms with Crippen LogP contribution in [0.3, 0.4) is 0 Å². The molecule has 0 aliphatic carbocycles. The molecule has 286 valence electrons. The van der Waals surface area contributed by atoms with E-state index in [1.807, 2.05) is 0 Å². The summed E-state index contributed by atoms with van der Waals surface area (Å²) in [6.07, 6.45) is 0. The van der Waals surface area contributed by atoms with E-state index >= 15 is 0 Å². The highest BCUT2D eigenvalue weighted by atomic mass is 15.2. The Morgan fingerprint density at radius 1 is 0.177 bits per heavy atom. The zero-order valence-electron chi connectivity index (χ0n) is 33.7. The van der Waals surface area contributed by atoms with Crippen LogP contribution in [0.5, 0.6) is 0 Å². The lowest BCUT2D eigenvalue weighted by atomic mass is 9.85. The van der Waals surface area contributed by atoms with Crippen molar-refractivity contribution in [1.82, 2.24) is 0 Å². The van der Waals surface area contributed by atoms with Gasteiger partial charge in [-0.25, -0.2) is 0 Å². The third-order valence-corrected chi connectivity index (χ3v) is 13.6. The van der Waals surface area contributed by atoms with Gasteiger partial charge in [-0.05, 0) is 104 Å². The predicted molar refractivity (Wildman–Crippen MR) is 259 cm³/mol. The molecule has 14 rings (SSSR count). The van der Waals surface area contributed by atoms with E-state index in [9.17, 15) is 0 Å². The standard InChI is InChI=1S/C60H36N2/c1-5-21-43-39(17-1)47-25-9-13-29-55(47)61-56-30-14-10-26-48(56)40-18-2-6-22-44(40)52-34-37(33-51(43)59(52)61)38-35-53-45-23-7-3-19-41(45)49-27-11-15-31-57(49)62-58-32-16-12-28-50(58)42-20-4-8-24-46(42)54(36-38)60(53)62/h1-36H. The molecule has 0 spiro atoms. The first-order valence-corrected chi connectivity index (χ1v) is 21.5. The van der Waals surface area contributed by atoms with Gasteiger partial charge in [-0.15, -0.1) is 0 Å². The Morgan fingerprint density at radius 3 is 0.581 bits per heavy atom. The molecule has 2 heteroatoms. The smallest absolute Gasteiger partial charge is 0.0619 e. The number of hydrogen-bond acceptors (Lipinski definition) is 2. The highest BCUT2D eigenvalue weighted by molar-refractivity contribution is 6.15. The fourth-order valence-corrected chi connectivity index (χ4v) is 11.0. The Kier molecular flexibility index (Phi) is 6.86. The lowest BCUT2D eigenvalue weighted by molar-refractivity contribution is 1.30. The monoisotopic (exact) mass is 784 g/mol. The van der Waals surface area contributed by atoms with Crippen LogP contribution < -0.4 is 9.80 Å². The molecule has 4 aliphatic rings. The van der Waals surface area contributed by atoms with Crippen molar-refractivity contribution in [2.45, 2.75) is 0 Å². The molecule has 10 aromatic carbocycles. The highest BCUT2D eigenvalue weighted by Crippen LogP contribution is 2.62. The van der Waals surface area contributed by atoms with Crippen molar-refractivity contribution in [3.05, 3.63) is 218 Å². The zero-order chi connectivity index (χ0) is 40.5. The van der Waals surface area contributed by atoms with Crippen LogP contribution in [0.1, 0.15) is 0 Å². The van der Waals surface area contributed by atoms with E-state index < -0.39 is 0 Å². The van der Waals surface area contributed by atoms with Crippen LogP contribution in [-0.4, -0.2) is 0 Å². The molecule has 0 saturated carbocycles. The second-order valence-electron chi connectivity index (χ2n) is 16.8. The van der Waals surface area contributed by atoms with Crippen LogP contribution in [0.4, 0.5) is 34.1 Å². The third kappa shape index (κ3) is 4.53. The molecule has 0 N–H and O–H groups in total. The molecule has 2 nitrogen and oxygen atoms in total. The van der Waals surface area contributed by atoms with E-state index in [0.29, 0.717) is 0 Å². The van der Waals surface area contributed by atoms with Gasteiger partial charge in [0.15, 0.2) is 0 Å². The third-order valence-electron chi connectivity index (χ3n) is 13.6. The summed E-state index contributed by atoms with van der Waals surface area (Å²) in [5, 5.41) is 0. The molecule has 10 aromatic rings. The average molecular weight is 785 g/mol. The summed E-state index contributed by atoms with van der Waals surface area (Å²) < 4.78 is 0. The van der Waals surface area contributed by atoms with Gasteiger partial charge in [-0.2, -0.15) is 0 Å². The zero-order valence-corrected chi connectivity index (χ0v) is 33.7. The first kappa shape index (κ1) is 33.6. The minimum Gasteiger partial charge on any atom is -0.308 e. The Labute approximate surface area is 360 Å². The number of benzene rings is 10. The van der Waals surface area contributed by atoms with Crippen molar-refractivity contribution < 1.29 is 0 Å². The highest BCUT2D eigenvalue weighted by Gasteiger charge is 2.36. The first-order chi connectivity index (χ1) is 30.8. The fourth-order valence-electron chi connectivity index (χ4n) is 11.0. The van der Waals surface area contributed by atoms with Gasteiger partial charge >= 0.3 is 0 Å². The molecule has 4 heterocycles. The van der Waals surface area contributed by atoms with Crippen LogP contribution in [0.25, 0.3) is 100 Å². The van der Waals surface area contributed by atoms with Crippen molar-refractivity contribution in [3.8, 4) is 100 Å². The van der Waals surface area contributed by atoms with Crippen molar-refractivity contribution >= 4 is 34.1 Å². The molecular formula is C60H36N2. The van der Waals surface area contributed by atoms with E-state index in [0.717, 1.165) is 0 Å². The van der Waals surface area contributed by atoms with Crippen LogP contribution in [0.15, 0.2) is 218 Å². The summed E-state index contributed by atoms with van der Waals surface area (Å²) in [6.45, 7) is 0. The van der Waals surface area contributed by atoms with Gasteiger partial charge in [-0.3, -0.25) is 0 Å². The van der Waals surface area contributed by atoms with Crippen LogP contribution in [0, 0.1) is 0 Å². The molecule has 0 fully saturated rings. The molecule has 62 heavy (non-hydrogen) atoms. The molecule has 4 aliphatic heterocycles. The lowest BCUT2D eigenvalue weighted by Gasteiger charge is -2.30. The Morgan fingerprint density at radius 2 is 0.355 bits per heavy atom. The summed E-state index contributed by atoms with van der Waals surface area (Å²) in [4.78, 5) is 5.09. The van der Waals surface area contributed by atoms with E-state index in [1.165, 1.54) is 134 Å². The van der Waals surface area contributed by atoms with Crippen molar-refractivity contribution in [2.75, 3.05) is 9.80 Å². The molecule has 0 bridgehead atoms. The fraction of sp³-hybridized carbons (Fsp3) is 0. The van der Waals surface area contributed by atoms with Gasteiger partial charge < -0.3 is 9.80 Å². The minimum atomic E-state index is 1.18. The Hall–Kier alpha value is -8.20. The quantitative estimate of drug-likeness (QED) is 0.164. The molecule has 0 radical (unpaired) electrons. The molecule has 0 atom stereocenters. The predicted octanol–water partition coefficient (Wildman–Crippen LogP) is 16.9. The van der Waals surface area contributed by atoms with E-state index in [4.69, 9.17) is 0 Å². The average Bonchev–Trinajstić information content (AvgIpc) is 3.68. The van der Waals surface area contributed by atoms with Crippen LogP contribution >= 0.6 is 0 Å². The minimum absolute atomic E-state index is 1.18. The largest absolute Gasteiger partial charge is 0.308 e. The van der Waals surface area contributed by atoms with Gasteiger partial charge in [0.1, 0.15) is 0 Å². The van der Waals surface area contributed by atoms with Gasteiger partial charge in [-0.1, -0.05) is 170 Å². The van der Waals surface area contributed by atoms with Crippen LogP contribution in [-0.2, 0) is 0 Å². The van der Waals surface area contributed by atoms with E-state index in [1.54, 1.807) is 0 Å². The Bertz CT molecular complexity index is 3100. The number of fused-ring (bicyclic) bond motifs is 20. The van der Waals surface area contributed by atoms with Crippen molar-refractivity contribution in [2.24, 2.45) is 0 Å². The maximum absolute atomic E-state index is 2.54. The molecule has 0 unspecified atom stereocenters. The van der Waals surface area contributed by atoms with Crippen molar-refractivity contribution in [3.63, 3.8) is 0 Å². The molecular weight excluding hydrogens is 749 g/mol. The molecule has 0 aromatic heterocycles. The first-order valence-electron chi connectivity index (χ1n) is 21.5. The van der Waals surface area contributed by atoms with Gasteiger partial charge in [0.05, 0.1) is 34.1 Å². The molecule has 0 amide bonds. The summed E-state index contributed by atoms with van der Waals surface area (Å²) in [5.41, 5.74) is 29.2. The number of anilines is 6. The Balaban J connectivity index is 1.14.